The molecule has 2 aromatic carbocycles. The van der Waals surface area contributed by atoms with Gasteiger partial charge in [0.05, 0.1) is 5.75 Å². The molecule has 0 saturated heterocycles. The molecule has 2 aromatic rings. The van der Waals surface area contributed by atoms with Crippen LogP contribution in [-0.2, 0) is 31.9 Å². The number of nitrogens with one attached hydrogen (secondary N) is 4. The number of benzene rings is 2. The van der Waals surface area contributed by atoms with E-state index in [2.05, 4.69) is 15.4 Å². The maximum absolute atomic E-state index is 13.3. The minimum absolute atomic E-state index is 0.0330. The van der Waals surface area contributed by atoms with Crippen LogP contribution in [0.25, 0.3) is 0 Å². The molecule has 0 aliphatic heterocycles. The van der Waals surface area contributed by atoms with Crippen molar-refractivity contribution in [3.8, 4) is 0 Å². The second-order valence-electron chi connectivity index (χ2n) is 9.92. The van der Waals surface area contributed by atoms with Crippen LogP contribution >= 0.6 is 0 Å². The van der Waals surface area contributed by atoms with E-state index in [-0.39, 0.29) is 30.0 Å². The third-order valence-corrected chi connectivity index (χ3v) is 7.44. The normalized spacial score (nSPS) is 13.1. The lowest BCUT2D eigenvalue weighted by Crippen LogP contribution is -2.53. The zero-order valence-corrected chi connectivity index (χ0v) is 23.3. The number of amides is 2. The Labute approximate surface area is 226 Å². The zero-order valence-electron chi connectivity index (χ0n) is 22.5. The summed E-state index contributed by atoms with van der Waals surface area (Å²) in [4.78, 5) is 26.3. The van der Waals surface area contributed by atoms with Gasteiger partial charge in [-0.15, -0.1) is 0 Å². The van der Waals surface area contributed by atoms with Crippen molar-refractivity contribution in [3.05, 3.63) is 71.3 Å². The molecule has 208 valence electrons. The van der Waals surface area contributed by atoms with Gasteiger partial charge in [-0.2, -0.15) is 0 Å². The molecule has 0 aliphatic rings. The van der Waals surface area contributed by atoms with Crippen molar-refractivity contribution in [1.82, 2.24) is 15.4 Å². The van der Waals surface area contributed by atoms with E-state index >= 15 is 0 Å². The molecule has 0 bridgehead atoms. The van der Waals surface area contributed by atoms with Crippen molar-refractivity contribution in [2.45, 2.75) is 77.3 Å². The summed E-state index contributed by atoms with van der Waals surface area (Å²) in [5.41, 5.74) is 7.53. The van der Waals surface area contributed by atoms with Crippen molar-refractivity contribution in [2.24, 2.45) is 11.7 Å². The third kappa shape index (κ3) is 11.0. The molecule has 6 N–H and O–H groups in total. The highest BCUT2D eigenvalue weighted by atomic mass is 32.2. The summed E-state index contributed by atoms with van der Waals surface area (Å²) in [6.45, 7) is 6.26. The first-order valence-electron chi connectivity index (χ1n) is 13.1. The van der Waals surface area contributed by atoms with E-state index in [9.17, 15) is 18.0 Å². The minimum atomic E-state index is -3.79. The van der Waals surface area contributed by atoms with Crippen LogP contribution in [0.1, 0.15) is 69.6 Å². The van der Waals surface area contributed by atoms with E-state index in [4.69, 9.17) is 11.1 Å². The van der Waals surface area contributed by atoms with E-state index in [0.717, 1.165) is 18.4 Å². The summed E-state index contributed by atoms with van der Waals surface area (Å²) in [5.74, 6) is -0.838. The lowest BCUT2D eigenvalue weighted by molar-refractivity contribution is -0.130. The summed E-state index contributed by atoms with van der Waals surface area (Å²) in [6, 6.07) is 14.0. The summed E-state index contributed by atoms with van der Waals surface area (Å²) in [5, 5.41) is 13.1. The molecular weight excluding hydrogens is 502 g/mol. The average molecular weight is 544 g/mol. The van der Waals surface area contributed by atoms with Crippen molar-refractivity contribution < 1.29 is 18.0 Å². The Morgan fingerprint density at radius 3 is 2.13 bits per heavy atom. The molecule has 0 aliphatic carbocycles. The van der Waals surface area contributed by atoms with Crippen LogP contribution in [-0.4, -0.2) is 38.2 Å². The van der Waals surface area contributed by atoms with Crippen LogP contribution in [0, 0.1) is 11.3 Å². The molecule has 0 spiro atoms. The first-order valence-corrected chi connectivity index (χ1v) is 14.7. The molecule has 0 radical (unpaired) electrons. The number of nitrogens with two attached hydrogens (primary N) is 1. The van der Waals surface area contributed by atoms with Crippen LogP contribution in [0.5, 0.6) is 0 Å². The molecule has 0 fully saturated rings. The predicted molar refractivity (Wildman–Crippen MR) is 151 cm³/mol. The van der Waals surface area contributed by atoms with Crippen LogP contribution < -0.4 is 21.1 Å². The molecule has 2 rings (SSSR count). The van der Waals surface area contributed by atoms with Gasteiger partial charge in [-0.25, -0.2) is 13.1 Å². The van der Waals surface area contributed by atoms with E-state index in [1.807, 2.05) is 26.8 Å². The van der Waals surface area contributed by atoms with E-state index in [1.165, 1.54) is 0 Å². The van der Waals surface area contributed by atoms with Gasteiger partial charge in [0.2, 0.25) is 21.8 Å². The van der Waals surface area contributed by atoms with E-state index in [1.54, 1.807) is 48.5 Å². The first kappa shape index (κ1) is 31.0. The number of carbonyl (C=O) groups excluding carboxylic acids is 2. The van der Waals surface area contributed by atoms with Gasteiger partial charge in [0.15, 0.2) is 0 Å². The molecule has 0 heterocycles. The Morgan fingerprint density at radius 2 is 1.55 bits per heavy atom. The van der Waals surface area contributed by atoms with Gasteiger partial charge in [0.25, 0.3) is 0 Å². The Hall–Kier alpha value is -3.24. The van der Waals surface area contributed by atoms with Crippen molar-refractivity contribution >= 4 is 27.7 Å². The maximum atomic E-state index is 13.3. The van der Waals surface area contributed by atoms with Gasteiger partial charge >= 0.3 is 0 Å². The Morgan fingerprint density at radius 1 is 0.895 bits per heavy atom. The van der Waals surface area contributed by atoms with Crippen LogP contribution in [0.15, 0.2) is 54.6 Å². The lowest BCUT2D eigenvalue weighted by atomic mass is 10.0. The first-order chi connectivity index (χ1) is 18.0. The second-order valence-corrected chi connectivity index (χ2v) is 11.7. The molecule has 9 nitrogen and oxygen atoms in total. The number of amidine groups is 1. The lowest BCUT2D eigenvalue weighted by Gasteiger charge is -2.24. The highest BCUT2D eigenvalue weighted by Crippen LogP contribution is 2.12. The fourth-order valence-electron chi connectivity index (χ4n) is 3.86. The topological polar surface area (TPSA) is 154 Å². The third-order valence-electron chi connectivity index (χ3n) is 6.08. The number of hydrogen-bond acceptors (Lipinski definition) is 5. The standard InChI is InChI=1S/C28H41N5O4S/c1-4-5-11-24(27(34)31-18-21-13-15-23(16-14-21)26(29)30)32-28(35)25(17-12-20(2)3)33-38(36,37)19-22-9-7-6-8-10-22/h6-10,13-16,20,24-25,33H,4-5,11-12,17-19H2,1-3H3,(H3,29,30)(H,31,34)(H,32,35). The number of rotatable bonds is 16. The van der Waals surface area contributed by atoms with E-state index < -0.39 is 28.0 Å². The summed E-state index contributed by atoms with van der Waals surface area (Å²) < 4.78 is 28.3. The average Bonchev–Trinajstić information content (AvgIpc) is 2.87. The number of carbonyl (C=O) groups is 2. The quantitative estimate of drug-likeness (QED) is 0.162. The van der Waals surface area contributed by atoms with Gasteiger partial charge in [-0.3, -0.25) is 15.0 Å². The smallest absolute Gasteiger partial charge is 0.242 e. The SMILES string of the molecule is CCCCC(NC(=O)C(CCC(C)C)NS(=O)(=O)Cc1ccccc1)C(=O)NCc1ccc(C(=N)N)cc1. The van der Waals surface area contributed by atoms with Gasteiger partial charge in [-0.1, -0.05) is 88.2 Å². The molecule has 10 heteroatoms. The molecule has 2 unspecified atom stereocenters. The highest BCUT2D eigenvalue weighted by Gasteiger charge is 2.28. The van der Waals surface area contributed by atoms with Gasteiger partial charge in [0.1, 0.15) is 17.9 Å². The van der Waals surface area contributed by atoms with Gasteiger partial charge < -0.3 is 16.4 Å². The second kappa shape index (κ2) is 15.2. The Balaban J connectivity index is 2.10. The largest absolute Gasteiger partial charge is 0.384 e. The van der Waals surface area contributed by atoms with Crippen molar-refractivity contribution in [3.63, 3.8) is 0 Å². The molecule has 2 atom stereocenters. The predicted octanol–water partition coefficient (Wildman–Crippen LogP) is 3.19. The van der Waals surface area contributed by atoms with Crippen molar-refractivity contribution in [1.29, 1.82) is 5.41 Å². The molecule has 0 aromatic heterocycles. The fraction of sp³-hybridized carbons (Fsp3) is 0.464. The Kier molecular flexibility index (Phi) is 12.4. The van der Waals surface area contributed by atoms with Crippen LogP contribution in [0.2, 0.25) is 0 Å². The summed E-state index contributed by atoms with van der Waals surface area (Å²) in [7, 11) is -3.79. The Bertz CT molecular complexity index is 1150. The maximum Gasteiger partial charge on any atom is 0.242 e. The van der Waals surface area contributed by atoms with Crippen molar-refractivity contribution in [2.75, 3.05) is 0 Å². The van der Waals surface area contributed by atoms with Gasteiger partial charge in [-0.05, 0) is 36.3 Å². The van der Waals surface area contributed by atoms with E-state index in [0.29, 0.717) is 30.4 Å². The number of nitrogen functional groups attached to an aromatic ring is 1. The summed E-state index contributed by atoms with van der Waals surface area (Å²) >= 11 is 0. The molecular formula is C28H41N5O4S. The molecule has 38 heavy (non-hydrogen) atoms. The highest BCUT2D eigenvalue weighted by molar-refractivity contribution is 7.88. The number of unbranched alkanes of at least 4 members (excludes halogenated alkanes) is 1. The monoisotopic (exact) mass is 543 g/mol. The zero-order chi connectivity index (χ0) is 28.1. The fourth-order valence-corrected chi connectivity index (χ4v) is 5.23. The molecule has 2 amide bonds. The summed E-state index contributed by atoms with van der Waals surface area (Å²) in [6.07, 6.45) is 2.97. The number of hydrogen-bond donors (Lipinski definition) is 5. The van der Waals surface area contributed by atoms with Gasteiger partial charge in [0, 0.05) is 12.1 Å². The molecule has 0 saturated carbocycles. The van der Waals surface area contributed by atoms with Crippen LogP contribution in [0.3, 0.4) is 0 Å². The minimum Gasteiger partial charge on any atom is -0.384 e. The number of sulfonamides is 1. The van der Waals surface area contributed by atoms with Crippen LogP contribution in [0.4, 0.5) is 0 Å².